The molecule has 0 fully saturated rings. The summed E-state index contributed by atoms with van der Waals surface area (Å²) in [5.74, 6) is 0.183. The topological polar surface area (TPSA) is 121 Å². The first-order valence-corrected chi connectivity index (χ1v) is 7.28. The van der Waals surface area contributed by atoms with Gasteiger partial charge in [0, 0.05) is 18.2 Å². The van der Waals surface area contributed by atoms with Gasteiger partial charge >= 0.3 is 0 Å². The van der Waals surface area contributed by atoms with Crippen molar-refractivity contribution in [2.24, 2.45) is 0 Å². The van der Waals surface area contributed by atoms with Crippen LogP contribution in [0.25, 0.3) is 5.65 Å². The zero-order valence-electron chi connectivity index (χ0n) is 12.5. The lowest BCUT2D eigenvalue weighted by atomic mass is 10.2. The summed E-state index contributed by atoms with van der Waals surface area (Å²) in [6.07, 6.45) is 0. The van der Waals surface area contributed by atoms with E-state index in [-0.39, 0.29) is 34.1 Å². The van der Waals surface area contributed by atoms with Gasteiger partial charge in [-0.1, -0.05) is 12.1 Å². The zero-order valence-corrected chi connectivity index (χ0v) is 13.4. The number of non-ortho nitro benzene ring substituents is 1. The van der Waals surface area contributed by atoms with E-state index >= 15 is 0 Å². The third-order valence-electron chi connectivity index (χ3n) is 3.47. The lowest BCUT2D eigenvalue weighted by Gasteiger charge is -2.12. The minimum absolute atomic E-state index is 0.0162. The van der Waals surface area contributed by atoms with E-state index in [0.717, 1.165) is 5.56 Å². The number of fused-ring (bicyclic) bond motifs is 1. The Morgan fingerprint density at radius 3 is 2.62 bits per heavy atom. The molecule has 2 heterocycles. The molecule has 0 bridgehead atoms. The second-order valence-corrected chi connectivity index (χ2v) is 5.50. The number of aromatic nitrogens is 4. The van der Waals surface area contributed by atoms with E-state index in [1.807, 2.05) is 0 Å². The van der Waals surface area contributed by atoms with Crippen LogP contribution in [0.5, 0.6) is 0 Å². The van der Waals surface area contributed by atoms with Crippen LogP contribution in [0.4, 0.5) is 11.5 Å². The van der Waals surface area contributed by atoms with Crippen LogP contribution in [0, 0.1) is 21.8 Å². The Labute approximate surface area is 140 Å². The molecule has 0 saturated heterocycles. The predicted octanol–water partition coefficient (Wildman–Crippen LogP) is 1.47. The molecule has 0 unspecified atom stereocenters. The number of hydrogen-bond donors (Lipinski definition) is 1. The van der Waals surface area contributed by atoms with Gasteiger partial charge in [0.1, 0.15) is 17.2 Å². The highest BCUT2D eigenvalue weighted by Crippen LogP contribution is 2.14. The Morgan fingerprint density at radius 2 is 2.00 bits per heavy atom. The molecule has 2 aromatic heterocycles. The van der Waals surface area contributed by atoms with E-state index in [4.69, 9.17) is 18.0 Å². The van der Waals surface area contributed by atoms with Crippen LogP contribution in [0.3, 0.4) is 0 Å². The average Bonchev–Trinajstić information content (AvgIpc) is 2.53. The maximum absolute atomic E-state index is 12.5. The highest BCUT2D eigenvalue weighted by atomic mass is 32.1. The molecule has 0 aliphatic carbocycles. The molecule has 0 saturated carbocycles. The van der Waals surface area contributed by atoms with Gasteiger partial charge in [0.15, 0.2) is 0 Å². The van der Waals surface area contributed by atoms with Crippen molar-refractivity contribution in [3.63, 3.8) is 0 Å². The minimum Gasteiger partial charge on any atom is -0.383 e. The van der Waals surface area contributed by atoms with Crippen LogP contribution in [0.2, 0.25) is 0 Å². The Morgan fingerprint density at radius 1 is 1.33 bits per heavy atom. The highest BCUT2D eigenvalue weighted by molar-refractivity contribution is 7.71. The Balaban J connectivity index is 2.18. The lowest BCUT2D eigenvalue weighted by Crippen LogP contribution is -2.28. The van der Waals surface area contributed by atoms with Crippen molar-refractivity contribution in [2.75, 3.05) is 5.73 Å². The number of hydrogen-bond acceptors (Lipinski definition) is 7. The summed E-state index contributed by atoms with van der Waals surface area (Å²) in [5.41, 5.74) is 6.78. The zero-order chi connectivity index (χ0) is 17.4. The van der Waals surface area contributed by atoms with Crippen LogP contribution in [-0.4, -0.2) is 24.1 Å². The molecule has 2 N–H and O–H groups in total. The smallest absolute Gasteiger partial charge is 0.275 e. The number of benzene rings is 1. The molecule has 1 aromatic carbocycles. The molecule has 9 nitrogen and oxygen atoms in total. The van der Waals surface area contributed by atoms with Crippen LogP contribution >= 0.6 is 12.2 Å². The molecule has 0 aliphatic rings. The second kappa shape index (κ2) is 5.81. The molecular formula is C14H12N6O3S. The third-order valence-corrected chi connectivity index (χ3v) is 3.73. The monoisotopic (exact) mass is 344 g/mol. The molecule has 0 amide bonds. The van der Waals surface area contributed by atoms with Gasteiger partial charge in [-0.15, -0.1) is 0 Å². The van der Waals surface area contributed by atoms with Gasteiger partial charge in [0.2, 0.25) is 4.77 Å². The number of rotatable bonds is 3. The molecular weight excluding hydrogens is 332 g/mol. The summed E-state index contributed by atoms with van der Waals surface area (Å²) in [5, 5.41) is 14.9. The van der Waals surface area contributed by atoms with Crippen molar-refractivity contribution >= 4 is 29.4 Å². The first-order valence-electron chi connectivity index (χ1n) is 6.87. The SMILES string of the molecule is Cc1nn2c(=S)nc(N)cc2n(Cc2ccc([N+](=O)[O-])cc2)c1=O. The van der Waals surface area contributed by atoms with E-state index in [1.165, 1.54) is 27.3 Å². The first-order chi connectivity index (χ1) is 11.4. The summed E-state index contributed by atoms with van der Waals surface area (Å²) in [4.78, 5) is 26.7. The van der Waals surface area contributed by atoms with Crippen molar-refractivity contribution < 1.29 is 4.92 Å². The van der Waals surface area contributed by atoms with Crippen molar-refractivity contribution in [3.8, 4) is 0 Å². The number of nitrogens with zero attached hydrogens (tertiary/aromatic N) is 5. The van der Waals surface area contributed by atoms with E-state index < -0.39 is 4.92 Å². The summed E-state index contributed by atoms with van der Waals surface area (Å²) in [6, 6.07) is 7.47. The fourth-order valence-corrected chi connectivity index (χ4v) is 2.56. The lowest BCUT2D eigenvalue weighted by molar-refractivity contribution is -0.384. The van der Waals surface area contributed by atoms with E-state index in [2.05, 4.69) is 10.1 Å². The van der Waals surface area contributed by atoms with Crippen molar-refractivity contribution in [1.29, 1.82) is 0 Å². The highest BCUT2D eigenvalue weighted by Gasteiger charge is 2.11. The molecule has 10 heteroatoms. The maximum atomic E-state index is 12.5. The van der Waals surface area contributed by atoms with E-state index in [0.29, 0.717) is 5.65 Å². The molecule has 0 radical (unpaired) electrons. The van der Waals surface area contributed by atoms with Crippen LogP contribution in [0.15, 0.2) is 35.1 Å². The number of nitro groups is 1. The Bertz CT molecular complexity index is 1070. The van der Waals surface area contributed by atoms with Crippen molar-refractivity contribution in [1.82, 2.24) is 19.2 Å². The molecule has 122 valence electrons. The van der Waals surface area contributed by atoms with Gasteiger partial charge in [-0.05, 0) is 24.7 Å². The summed E-state index contributed by atoms with van der Waals surface area (Å²) >= 11 is 5.13. The predicted molar refractivity (Wildman–Crippen MR) is 89.4 cm³/mol. The number of anilines is 1. The largest absolute Gasteiger partial charge is 0.383 e. The van der Waals surface area contributed by atoms with Gasteiger partial charge in [-0.2, -0.15) is 9.61 Å². The maximum Gasteiger partial charge on any atom is 0.275 e. The van der Waals surface area contributed by atoms with Crippen LogP contribution < -0.4 is 11.3 Å². The molecule has 0 atom stereocenters. The molecule has 3 rings (SSSR count). The van der Waals surface area contributed by atoms with Crippen LogP contribution in [0.1, 0.15) is 11.3 Å². The number of aryl methyl sites for hydroxylation is 1. The second-order valence-electron chi connectivity index (χ2n) is 5.13. The summed E-state index contributed by atoms with van der Waals surface area (Å²) in [7, 11) is 0. The van der Waals surface area contributed by atoms with Gasteiger partial charge in [0.05, 0.1) is 11.5 Å². The number of nitro benzene ring substituents is 1. The Kier molecular flexibility index (Phi) is 3.81. The van der Waals surface area contributed by atoms with Gasteiger partial charge in [-0.25, -0.2) is 4.98 Å². The molecule has 0 aliphatic heterocycles. The minimum atomic E-state index is -0.479. The van der Waals surface area contributed by atoms with Crippen molar-refractivity contribution in [2.45, 2.75) is 13.5 Å². The molecule has 0 spiro atoms. The van der Waals surface area contributed by atoms with Gasteiger partial charge in [0.25, 0.3) is 11.2 Å². The van der Waals surface area contributed by atoms with E-state index in [1.54, 1.807) is 19.1 Å². The van der Waals surface area contributed by atoms with E-state index in [9.17, 15) is 14.9 Å². The fraction of sp³-hybridized carbons (Fsp3) is 0.143. The summed E-state index contributed by atoms with van der Waals surface area (Å²) < 4.78 is 2.97. The molecule has 3 aromatic rings. The normalized spacial score (nSPS) is 10.9. The summed E-state index contributed by atoms with van der Waals surface area (Å²) in [6.45, 7) is 1.77. The average molecular weight is 344 g/mol. The fourth-order valence-electron chi connectivity index (χ4n) is 2.32. The van der Waals surface area contributed by atoms with Crippen molar-refractivity contribution in [3.05, 3.63) is 66.8 Å². The standard InChI is InChI=1S/C14H12N6O3S/c1-8-13(21)18(7-9-2-4-10(5-3-9)20(22)23)12-6-11(15)16-14(24)19(12)17-8/h2-6H,7H2,1H3,(H2,15,16,24). The number of nitrogen functional groups attached to an aromatic ring is 1. The first kappa shape index (κ1) is 15.7. The third kappa shape index (κ3) is 2.74. The van der Waals surface area contributed by atoms with Gasteiger partial charge in [-0.3, -0.25) is 19.5 Å². The Hall–Kier alpha value is -3.14. The number of nitrogens with two attached hydrogens (primary N) is 1. The molecule has 24 heavy (non-hydrogen) atoms. The quantitative estimate of drug-likeness (QED) is 0.434. The van der Waals surface area contributed by atoms with Gasteiger partial charge < -0.3 is 5.73 Å². The van der Waals surface area contributed by atoms with Crippen LogP contribution in [-0.2, 0) is 6.54 Å².